The largest absolute Gasteiger partial charge is 0.325 e. The van der Waals surface area contributed by atoms with Crippen molar-refractivity contribution in [2.45, 2.75) is 32.7 Å². The monoisotopic (exact) mass is 477 g/mol. The van der Waals surface area contributed by atoms with Gasteiger partial charge in [-0.25, -0.2) is 4.98 Å². The van der Waals surface area contributed by atoms with E-state index in [-0.39, 0.29) is 17.7 Å². The maximum atomic E-state index is 13.2. The summed E-state index contributed by atoms with van der Waals surface area (Å²) in [5.74, 6) is -0.136. The van der Waals surface area contributed by atoms with Crippen LogP contribution in [0.25, 0.3) is 11.1 Å². The maximum Gasteiger partial charge on any atom is 0.258 e. The first-order valence-electron chi connectivity index (χ1n) is 11.4. The van der Waals surface area contributed by atoms with Gasteiger partial charge in [-0.05, 0) is 75.7 Å². The molecule has 0 radical (unpaired) electrons. The number of nitrogens with one attached hydrogen (secondary N) is 2. The third-order valence-electron chi connectivity index (χ3n) is 6.12. The second kappa shape index (κ2) is 10.8. The minimum atomic E-state index is -0.370. The molecule has 0 bridgehead atoms. The molecule has 4 rings (SSSR count). The average Bonchev–Trinajstić information content (AvgIpc) is 2.86. The summed E-state index contributed by atoms with van der Waals surface area (Å²) in [6, 6.07) is 12.9. The summed E-state index contributed by atoms with van der Waals surface area (Å²) in [4.78, 5) is 37.0. The lowest BCUT2D eigenvalue weighted by molar-refractivity contribution is -0.121. The molecule has 1 aliphatic heterocycles. The molecule has 1 saturated heterocycles. The molecule has 2 N–H and O–H groups in total. The Morgan fingerprint density at radius 2 is 1.82 bits per heavy atom. The predicted octanol–water partition coefficient (Wildman–Crippen LogP) is 5.11. The molecule has 2 amide bonds. The normalized spacial score (nSPS) is 14.7. The van der Waals surface area contributed by atoms with Crippen molar-refractivity contribution < 1.29 is 9.59 Å². The highest BCUT2D eigenvalue weighted by atomic mass is 35.5. The molecule has 1 fully saturated rings. The van der Waals surface area contributed by atoms with E-state index in [1.54, 1.807) is 36.7 Å². The standard InChI is InChI=1S/C26H28ClN5O2/c1-17(2)32-12-9-18(10-13-32)25(33)30-23-7-5-19(20-4-3-11-28-15-20)14-22(23)26(34)31-24-8-6-21(27)16-29-24/h3-8,11,14-18H,9-10,12-13H2,1-2H3,(H,30,33)(H,29,31,34). The van der Waals surface area contributed by atoms with Gasteiger partial charge in [-0.1, -0.05) is 23.7 Å². The van der Waals surface area contributed by atoms with Crippen molar-refractivity contribution in [2.24, 2.45) is 5.92 Å². The number of likely N-dealkylation sites (tertiary alicyclic amines) is 1. The van der Waals surface area contributed by atoms with Crippen molar-refractivity contribution in [3.63, 3.8) is 0 Å². The smallest absolute Gasteiger partial charge is 0.258 e. The van der Waals surface area contributed by atoms with Crippen LogP contribution in [0.4, 0.5) is 11.5 Å². The Balaban J connectivity index is 1.57. The molecule has 3 heterocycles. The molecule has 1 aliphatic rings. The van der Waals surface area contributed by atoms with Crippen LogP contribution in [0.1, 0.15) is 37.0 Å². The fourth-order valence-corrected chi connectivity index (χ4v) is 4.21. The Labute approximate surface area is 204 Å². The molecule has 34 heavy (non-hydrogen) atoms. The number of amides is 2. The number of hydrogen-bond donors (Lipinski definition) is 2. The summed E-state index contributed by atoms with van der Waals surface area (Å²) in [6.07, 6.45) is 6.50. The number of nitrogens with zero attached hydrogens (tertiary/aromatic N) is 3. The van der Waals surface area contributed by atoms with Gasteiger partial charge >= 0.3 is 0 Å². The number of carbonyl (C=O) groups excluding carboxylic acids is 2. The number of rotatable bonds is 6. The average molecular weight is 478 g/mol. The minimum Gasteiger partial charge on any atom is -0.325 e. The zero-order valence-electron chi connectivity index (χ0n) is 19.3. The number of anilines is 2. The number of hydrogen-bond acceptors (Lipinski definition) is 5. The lowest BCUT2D eigenvalue weighted by atomic mass is 9.94. The van der Waals surface area contributed by atoms with Crippen molar-refractivity contribution in [1.82, 2.24) is 14.9 Å². The second-order valence-electron chi connectivity index (χ2n) is 8.71. The van der Waals surface area contributed by atoms with Crippen LogP contribution in [0.3, 0.4) is 0 Å². The molecule has 176 valence electrons. The van der Waals surface area contributed by atoms with Gasteiger partial charge in [-0.3, -0.25) is 14.6 Å². The Morgan fingerprint density at radius 3 is 2.47 bits per heavy atom. The van der Waals surface area contributed by atoms with Gasteiger partial charge in [0.05, 0.1) is 16.3 Å². The van der Waals surface area contributed by atoms with Gasteiger partial charge in [0.2, 0.25) is 5.91 Å². The molecule has 2 aromatic heterocycles. The molecule has 0 saturated carbocycles. The van der Waals surface area contributed by atoms with E-state index in [1.165, 1.54) is 6.20 Å². The summed E-state index contributed by atoms with van der Waals surface area (Å²) < 4.78 is 0. The predicted molar refractivity (Wildman–Crippen MR) is 135 cm³/mol. The van der Waals surface area contributed by atoms with Gasteiger partial charge in [0.15, 0.2) is 0 Å². The first-order chi connectivity index (χ1) is 16.4. The molecular formula is C26H28ClN5O2. The maximum absolute atomic E-state index is 13.2. The molecule has 0 atom stereocenters. The van der Waals surface area contributed by atoms with Gasteiger partial charge in [0.1, 0.15) is 5.82 Å². The molecule has 3 aromatic rings. The first-order valence-corrected chi connectivity index (χ1v) is 11.8. The SMILES string of the molecule is CC(C)N1CCC(C(=O)Nc2ccc(-c3cccnc3)cc2C(=O)Nc2ccc(Cl)cn2)CC1. The quantitative estimate of drug-likeness (QED) is 0.515. The molecule has 8 heteroatoms. The Bertz CT molecular complexity index is 1140. The second-order valence-corrected chi connectivity index (χ2v) is 9.15. The fraction of sp³-hybridized carbons (Fsp3) is 0.308. The van der Waals surface area contributed by atoms with Crippen molar-refractivity contribution >= 4 is 34.9 Å². The molecule has 1 aromatic carbocycles. The Morgan fingerprint density at radius 1 is 1.03 bits per heavy atom. The first kappa shape index (κ1) is 23.9. The third kappa shape index (κ3) is 5.79. The molecule has 0 unspecified atom stereocenters. The lowest BCUT2D eigenvalue weighted by Crippen LogP contribution is -2.41. The zero-order valence-corrected chi connectivity index (χ0v) is 20.0. The highest BCUT2D eigenvalue weighted by Crippen LogP contribution is 2.27. The van der Waals surface area contributed by atoms with Gasteiger partial charge in [0, 0.05) is 36.1 Å². The van der Waals surface area contributed by atoms with Crippen LogP contribution in [0.15, 0.2) is 61.1 Å². The van der Waals surface area contributed by atoms with E-state index >= 15 is 0 Å². The third-order valence-corrected chi connectivity index (χ3v) is 6.34. The van der Waals surface area contributed by atoms with Crippen LogP contribution in [-0.4, -0.2) is 45.8 Å². The summed E-state index contributed by atoms with van der Waals surface area (Å²) in [7, 11) is 0. The van der Waals surface area contributed by atoms with Crippen molar-refractivity contribution in [3.05, 3.63) is 71.6 Å². The van der Waals surface area contributed by atoms with E-state index in [0.29, 0.717) is 28.1 Å². The van der Waals surface area contributed by atoms with E-state index in [4.69, 9.17) is 11.6 Å². The molecular weight excluding hydrogens is 450 g/mol. The van der Waals surface area contributed by atoms with Gasteiger partial charge in [0.25, 0.3) is 5.91 Å². The number of halogens is 1. The summed E-state index contributed by atoms with van der Waals surface area (Å²) >= 11 is 5.90. The van der Waals surface area contributed by atoms with Crippen LogP contribution in [0.5, 0.6) is 0 Å². The van der Waals surface area contributed by atoms with E-state index in [1.807, 2.05) is 18.2 Å². The lowest BCUT2D eigenvalue weighted by Gasteiger charge is -2.34. The number of carbonyl (C=O) groups is 2. The highest BCUT2D eigenvalue weighted by molar-refractivity contribution is 6.30. The van der Waals surface area contributed by atoms with E-state index in [9.17, 15) is 9.59 Å². The summed E-state index contributed by atoms with van der Waals surface area (Å²) in [5, 5.41) is 6.28. The number of piperidine rings is 1. The van der Waals surface area contributed by atoms with Crippen LogP contribution >= 0.6 is 11.6 Å². The Hall–Kier alpha value is -3.29. The van der Waals surface area contributed by atoms with Crippen LogP contribution in [0, 0.1) is 5.92 Å². The zero-order chi connectivity index (χ0) is 24.1. The van der Waals surface area contributed by atoms with Crippen molar-refractivity contribution in [1.29, 1.82) is 0 Å². The van der Waals surface area contributed by atoms with Crippen LogP contribution in [0.2, 0.25) is 5.02 Å². The van der Waals surface area contributed by atoms with Crippen LogP contribution < -0.4 is 10.6 Å². The fourth-order valence-electron chi connectivity index (χ4n) is 4.10. The van der Waals surface area contributed by atoms with E-state index in [2.05, 4.69) is 39.3 Å². The van der Waals surface area contributed by atoms with Gasteiger partial charge in [-0.15, -0.1) is 0 Å². The summed E-state index contributed by atoms with van der Waals surface area (Å²) in [6.45, 7) is 6.13. The highest BCUT2D eigenvalue weighted by Gasteiger charge is 2.27. The van der Waals surface area contributed by atoms with Crippen LogP contribution in [-0.2, 0) is 4.79 Å². The van der Waals surface area contributed by atoms with Gasteiger partial charge in [-0.2, -0.15) is 0 Å². The van der Waals surface area contributed by atoms with E-state index in [0.717, 1.165) is 37.1 Å². The van der Waals surface area contributed by atoms with Gasteiger partial charge < -0.3 is 15.5 Å². The van der Waals surface area contributed by atoms with E-state index < -0.39 is 0 Å². The molecule has 0 spiro atoms. The van der Waals surface area contributed by atoms with Crippen molar-refractivity contribution in [3.8, 4) is 11.1 Å². The topological polar surface area (TPSA) is 87.2 Å². The minimum absolute atomic E-state index is 0.0591. The number of benzene rings is 1. The number of pyridine rings is 2. The molecule has 7 nitrogen and oxygen atoms in total. The molecule has 0 aliphatic carbocycles. The Kier molecular flexibility index (Phi) is 7.55. The van der Waals surface area contributed by atoms with Crippen molar-refractivity contribution in [2.75, 3.05) is 23.7 Å². The summed E-state index contributed by atoms with van der Waals surface area (Å²) in [5.41, 5.74) is 2.52. The number of aromatic nitrogens is 2.